The standard InChI is InChI=1S/C33H31N3O5/c1-3-40-33(39)24-17-10-11-18-25(24)34-32(38)30-21(2)28-26(19-12-20-27(28)41-30)35-36-31(37)29(22-13-6-4-7-14-22)23-15-8-5-9-16-23/h4-11,13-18,29H,3,12,19-20H2,1-2H3,(H,34,38)(H,36,37)/b35-26+. The van der Waals surface area contributed by atoms with Gasteiger partial charge in [-0.05, 0) is 49.9 Å². The molecule has 1 heterocycles. The number of furan rings is 1. The van der Waals surface area contributed by atoms with Gasteiger partial charge in [0.15, 0.2) is 5.76 Å². The van der Waals surface area contributed by atoms with Crippen LogP contribution < -0.4 is 10.7 Å². The summed E-state index contributed by atoms with van der Waals surface area (Å²) in [4.78, 5) is 39.1. The number of benzene rings is 3. The summed E-state index contributed by atoms with van der Waals surface area (Å²) < 4.78 is 11.1. The molecule has 1 aliphatic rings. The molecule has 0 atom stereocenters. The molecule has 1 aliphatic carbocycles. The molecule has 0 saturated heterocycles. The van der Waals surface area contributed by atoms with Crippen LogP contribution in [-0.4, -0.2) is 30.1 Å². The van der Waals surface area contributed by atoms with Gasteiger partial charge in [-0.25, -0.2) is 10.2 Å². The Morgan fingerprint density at radius 2 is 1.54 bits per heavy atom. The third-order valence-electron chi connectivity index (χ3n) is 7.03. The number of fused-ring (bicyclic) bond motifs is 1. The Hall–Kier alpha value is -4.98. The van der Waals surface area contributed by atoms with Crippen LogP contribution in [0, 0.1) is 6.92 Å². The van der Waals surface area contributed by atoms with Gasteiger partial charge < -0.3 is 14.5 Å². The van der Waals surface area contributed by atoms with E-state index >= 15 is 0 Å². The molecular weight excluding hydrogens is 518 g/mol. The highest BCUT2D eigenvalue weighted by atomic mass is 16.5. The van der Waals surface area contributed by atoms with E-state index in [1.807, 2.05) is 60.7 Å². The van der Waals surface area contributed by atoms with Gasteiger partial charge >= 0.3 is 5.97 Å². The van der Waals surface area contributed by atoms with Gasteiger partial charge in [-0.15, -0.1) is 0 Å². The second-order valence-electron chi connectivity index (χ2n) is 9.72. The number of aryl methyl sites for hydroxylation is 1. The molecule has 41 heavy (non-hydrogen) atoms. The first-order valence-corrected chi connectivity index (χ1v) is 13.6. The Labute approximate surface area is 238 Å². The zero-order chi connectivity index (χ0) is 28.8. The molecule has 1 aromatic heterocycles. The van der Waals surface area contributed by atoms with E-state index < -0.39 is 17.8 Å². The Morgan fingerprint density at radius 3 is 2.20 bits per heavy atom. The summed E-state index contributed by atoms with van der Waals surface area (Å²) in [6.45, 7) is 3.75. The number of hydrazone groups is 1. The lowest BCUT2D eigenvalue weighted by atomic mass is 9.90. The quantitative estimate of drug-likeness (QED) is 0.207. The Balaban J connectivity index is 1.40. The fourth-order valence-electron chi connectivity index (χ4n) is 5.13. The number of hydrogen-bond donors (Lipinski definition) is 2. The summed E-state index contributed by atoms with van der Waals surface area (Å²) in [5, 5.41) is 7.33. The van der Waals surface area contributed by atoms with Crippen LogP contribution in [0.15, 0.2) is 94.4 Å². The number of esters is 1. The molecule has 2 N–H and O–H groups in total. The normalized spacial score (nSPS) is 13.5. The zero-order valence-corrected chi connectivity index (χ0v) is 23.0. The van der Waals surface area contributed by atoms with E-state index in [-0.39, 0.29) is 23.8 Å². The minimum absolute atomic E-state index is 0.140. The first-order chi connectivity index (χ1) is 20.0. The Kier molecular flexibility index (Phi) is 8.39. The number of amides is 2. The topological polar surface area (TPSA) is 110 Å². The van der Waals surface area contributed by atoms with Gasteiger partial charge in [0.05, 0.1) is 29.5 Å². The van der Waals surface area contributed by atoms with E-state index in [2.05, 4.69) is 15.8 Å². The zero-order valence-electron chi connectivity index (χ0n) is 23.0. The molecule has 2 amide bonds. The smallest absolute Gasteiger partial charge is 0.340 e. The van der Waals surface area contributed by atoms with Gasteiger partial charge in [0.1, 0.15) is 5.76 Å². The molecular formula is C33H31N3O5. The largest absolute Gasteiger partial charge is 0.462 e. The van der Waals surface area contributed by atoms with Crippen molar-refractivity contribution in [3.05, 3.63) is 124 Å². The van der Waals surface area contributed by atoms with Crippen LogP contribution in [0.2, 0.25) is 0 Å². The van der Waals surface area contributed by atoms with E-state index in [0.29, 0.717) is 35.6 Å². The summed E-state index contributed by atoms with van der Waals surface area (Å²) in [6.07, 6.45) is 2.04. The number of para-hydroxylation sites is 1. The number of nitrogens with one attached hydrogen (secondary N) is 2. The van der Waals surface area contributed by atoms with Gasteiger partial charge in [0, 0.05) is 17.5 Å². The van der Waals surface area contributed by atoms with Crippen LogP contribution >= 0.6 is 0 Å². The van der Waals surface area contributed by atoms with Crippen LogP contribution in [-0.2, 0) is 16.0 Å². The molecule has 4 aromatic rings. The van der Waals surface area contributed by atoms with Gasteiger partial charge in [0.2, 0.25) is 0 Å². The minimum Gasteiger partial charge on any atom is -0.462 e. The number of carbonyl (C=O) groups is 3. The predicted molar refractivity (Wildman–Crippen MR) is 156 cm³/mol. The molecule has 8 heteroatoms. The lowest BCUT2D eigenvalue weighted by molar-refractivity contribution is -0.121. The van der Waals surface area contributed by atoms with E-state index in [9.17, 15) is 14.4 Å². The maximum absolute atomic E-state index is 13.5. The van der Waals surface area contributed by atoms with Crippen LogP contribution in [0.1, 0.15) is 74.6 Å². The van der Waals surface area contributed by atoms with Gasteiger partial charge in [-0.3, -0.25) is 9.59 Å². The van der Waals surface area contributed by atoms with Gasteiger partial charge in [0.25, 0.3) is 11.8 Å². The van der Waals surface area contributed by atoms with Crippen molar-refractivity contribution in [3.8, 4) is 0 Å². The SMILES string of the molecule is CCOC(=O)c1ccccc1NC(=O)c1oc2c(c1C)/C(=N/NC(=O)C(c1ccccc1)c1ccccc1)CCC2. The number of carbonyl (C=O) groups excluding carboxylic acids is 3. The van der Waals surface area contributed by atoms with E-state index in [1.54, 1.807) is 38.1 Å². The monoisotopic (exact) mass is 549 g/mol. The van der Waals surface area contributed by atoms with Gasteiger partial charge in [-0.1, -0.05) is 72.8 Å². The second-order valence-corrected chi connectivity index (χ2v) is 9.72. The lowest BCUT2D eigenvalue weighted by Gasteiger charge is -2.18. The molecule has 0 saturated carbocycles. The first kappa shape index (κ1) is 27.6. The Morgan fingerprint density at radius 1 is 0.902 bits per heavy atom. The predicted octanol–water partition coefficient (Wildman–Crippen LogP) is 6.01. The molecule has 0 aliphatic heterocycles. The molecule has 0 spiro atoms. The highest BCUT2D eigenvalue weighted by molar-refractivity contribution is 6.11. The van der Waals surface area contributed by atoms with Crippen molar-refractivity contribution >= 4 is 29.2 Å². The summed E-state index contributed by atoms with van der Waals surface area (Å²) in [5.74, 6) is -0.999. The first-order valence-electron chi connectivity index (χ1n) is 13.6. The molecule has 0 radical (unpaired) electrons. The number of anilines is 1. The fourth-order valence-corrected chi connectivity index (χ4v) is 5.13. The van der Waals surface area contributed by atoms with Crippen molar-refractivity contribution in [1.29, 1.82) is 0 Å². The third kappa shape index (κ3) is 5.96. The van der Waals surface area contributed by atoms with Crippen LogP contribution in [0.5, 0.6) is 0 Å². The summed E-state index contributed by atoms with van der Waals surface area (Å²) in [6, 6.07) is 25.8. The average molecular weight is 550 g/mol. The van der Waals surface area contributed by atoms with E-state index in [1.165, 1.54) is 0 Å². The summed E-state index contributed by atoms with van der Waals surface area (Å²) >= 11 is 0. The molecule has 5 rings (SSSR count). The van der Waals surface area contributed by atoms with Crippen molar-refractivity contribution < 1.29 is 23.5 Å². The number of ether oxygens (including phenoxy) is 1. The van der Waals surface area contributed by atoms with E-state index in [4.69, 9.17) is 9.15 Å². The van der Waals surface area contributed by atoms with Crippen molar-refractivity contribution in [2.45, 2.75) is 39.0 Å². The van der Waals surface area contributed by atoms with Crippen LogP contribution in [0.3, 0.4) is 0 Å². The van der Waals surface area contributed by atoms with Crippen molar-refractivity contribution in [2.24, 2.45) is 5.10 Å². The van der Waals surface area contributed by atoms with Crippen molar-refractivity contribution in [2.75, 3.05) is 11.9 Å². The fraction of sp³-hybridized carbons (Fsp3) is 0.212. The lowest BCUT2D eigenvalue weighted by Crippen LogP contribution is -2.28. The molecule has 0 unspecified atom stereocenters. The highest BCUT2D eigenvalue weighted by Crippen LogP contribution is 2.31. The second kappa shape index (κ2) is 12.5. The molecule has 208 valence electrons. The van der Waals surface area contributed by atoms with Crippen molar-refractivity contribution in [3.63, 3.8) is 0 Å². The molecule has 0 bridgehead atoms. The Bertz CT molecular complexity index is 1550. The van der Waals surface area contributed by atoms with Crippen LogP contribution in [0.4, 0.5) is 5.69 Å². The summed E-state index contributed by atoms with van der Waals surface area (Å²) in [7, 11) is 0. The number of hydrogen-bond acceptors (Lipinski definition) is 6. The maximum Gasteiger partial charge on any atom is 0.340 e. The number of rotatable bonds is 8. The third-order valence-corrected chi connectivity index (χ3v) is 7.03. The van der Waals surface area contributed by atoms with Gasteiger partial charge in [-0.2, -0.15) is 5.10 Å². The number of nitrogens with zero attached hydrogens (tertiary/aromatic N) is 1. The average Bonchev–Trinajstić information content (AvgIpc) is 3.34. The molecule has 3 aromatic carbocycles. The summed E-state index contributed by atoms with van der Waals surface area (Å²) in [5.41, 5.74) is 7.12. The molecule has 8 nitrogen and oxygen atoms in total. The maximum atomic E-state index is 13.5. The minimum atomic E-state index is -0.531. The molecule has 0 fully saturated rings. The van der Waals surface area contributed by atoms with Crippen molar-refractivity contribution in [1.82, 2.24) is 5.43 Å². The van der Waals surface area contributed by atoms with E-state index in [0.717, 1.165) is 23.1 Å². The van der Waals surface area contributed by atoms with Crippen LogP contribution in [0.25, 0.3) is 0 Å². The highest BCUT2D eigenvalue weighted by Gasteiger charge is 2.29.